The Balaban J connectivity index is 1.56. The number of nitrogens with one attached hydrogen (secondary N) is 2. The molecule has 1 atom stereocenters. The molecule has 1 heterocycles. The number of para-hydroxylation sites is 1. The van der Waals surface area contributed by atoms with E-state index in [0.29, 0.717) is 22.2 Å². The van der Waals surface area contributed by atoms with Crippen LogP contribution in [-0.2, 0) is 14.4 Å². The van der Waals surface area contributed by atoms with Crippen molar-refractivity contribution >= 4 is 40.7 Å². The second kappa shape index (κ2) is 9.49. The SMILES string of the molecule is COc1cc(OC)c(NC(=O)CNC(=O)[C@H]2CC(=O)N(c3ccccc3)C2)cc1Cl. The molecule has 1 aliphatic heterocycles. The second-order valence-corrected chi connectivity index (χ2v) is 7.10. The summed E-state index contributed by atoms with van der Waals surface area (Å²) < 4.78 is 10.4. The van der Waals surface area contributed by atoms with Crippen molar-refractivity contribution in [2.24, 2.45) is 5.92 Å². The third-order valence-corrected chi connectivity index (χ3v) is 5.03. The van der Waals surface area contributed by atoms with E-state index in [2.05, 4.69) is 10.6 Å². The van der Waals surface area contributed by atoms with Crippen LogP contribution < -0.4 is 25.0 Å². The number of carbonyl (C=O) groups excluding carboxylic acids is 3. The van der Waals surface area contributed by atoms with Crippen LogP contribution in [-0.4, -0.2) is 45.0 Å². The summed E-state index contributed by atoms with van der Waals surface area (Å²) in [7, 11) is 2.93. The van der Waals surface area contributed by atoms with Gasteiger partial charge in [0, 0.05) is 24.7 Å². The zero-order valence-electron chi connectivity index (χ0n) is 16.6. The number of ether oxygens (including phenoxy) is 2. The predicted molar refractivity (Wildman–Crippen MR) is 113 cm³/mol. The maximum absolute atomic E-state index is 12.5. The van der Waals surface area contributed by atoms with Gasteiger partial charge in [0.15, 0.2) is 0 Å². The highest BCUT2D eigenvalue weighted by atomic mass is 35.5. The molecule has 0 spiro atoms. The molecule has 2 N–H and O–H groups in total. The van der Waals surface area contributed by atoms with Crippen molar-refractivity contribution in [1.82, 2.24) is 5.32 Å². The van der Waals surface area contributed by atoms with Gasteiger partial charge in [-0.1, -0.05) is 29.8 Å². The number of carbonyl (C=O) groups is 3. The minimum atomic E-state index is -0.518. The normalized spacial score (nSPS) is 15.6. The molecule has 2 aromatic carbocycles. The summed E-state index contributed by atoms with van der Waals surface area (Å²) in [5.74, 6) is -0.660. The van der Waals surface area contributed by atoms with Gasteiger partial charge in [0.05, 0.1) is 37.4 Å². The molecule has 30 heavy (non-hydrogen) atoms. The third kappa shape index (κ3) is 4.83. The van der Waals surface area contributed by atoms with E-state index < -0.39 is 11.8 Å². The van der Waals surface area contributed by atoms with E-state index in [4.69, 9.17) is 21.1 Å². The number of nitrogens with zero attached hydrogens (tertiary/aromatic N) is 1. The fourth-order valence-electron chi connectivity index (χ4n) is 3.20. The molecule has 158 valence electrons. The van der Waals surface area contributed by atoms with Crippen molar-refractivity contribution in [3.63, 3.8) is 0 Å². The number of halogens is 1. The molecule has 3 amide bonds. The third-order valence-electron chi connectivity index (χ3n) is 4.73. The minimum absolute atomic E-state index is 0.101. The summed E-state index contributed by atoms with van der Waals surface area (Å²) in [5, 5.41) is 5.54. The predicted octanol–water partition coefficient (Wildman–Crippen LogP) is 2.46. The first-order valence-corrected chi connectivity index (χ1v) is 9.65. The van der Waals surface area contributed by atoms with E-state index in [-0.39, 0.29) is 31.3 Å². The molecular formula is C21H22ClN3O5. The van der Waals surface area contributed by atoms with Crippen LogP contribution in [0.2, 0.25) is 5.02 Å². The molecule has 1 saturated heterocycles. The topological polar surface area (TPSA) is 97.0 Å². The average molecular weight is 432 g/mol. The number of anilines is 2. The van der Waals surface area contributed by atoms with E-state index >= 15 is 0 Å². The van der Waals surface area contributed by atoms with Gasteiger partial charge >= 0.3 is 0 Å². The highest BCUT2D eigenvalue weighted by Gasteiger charge is 2.35. The fraction of sp³-hybridized carbons (Fsp3) is 0.286. The lowest BCUT2D eigenvalue weighted by Gasteiger charge is -2.16. The molecule has 0 unspecified atom stereocenters. The van der Waals surface area contributed by atoms with Crippen molar-refractivity contribution < 1.29 is 23.9 Å². The Bertz CT molecular complexity index is 951. The summed E-state index contributed by atoms with van der Waals surface area (Å²) in [6.07, 6.45) is 0.101. The lowest BCUT2D eigenvalue weighted by atomic mass is 10.1. The van der Waals surface area contributed by atoms with Crippen molar-refractivity contribution in [2.75, 3.05) is 37.5 Å². The van der Waals surface area contributed by atoms with Gasteiger partial charge in [0.2, 0.25) is 17.7 Å². The van der Waals surface area contributed by atoms with Crippen molar-refractivity contribution in [3.05, 3.63) is 47.5 Å². The van der Waals surface area contributed by atoms with Crippen molar-refractivity contribution in [1.29, 1.82) is 0 Å². The molecule has 0 aromatic heterocycles. The van der Waals surface area contributed by atoms with E-state index in [1.807, 2.05) is 30.3 Å². The maximum atomic E-state index is 12.5. The summed E-state index contributed by atoms with van der Waals surface area (Å²) in [5.41, 5.74) is 1.10. The zero-order chi connectivity index (χ0) is 21.7. The molecule has 0 bridgehead atoms. The quantitative estimate of drug-likeness (QED) is 0.702. The van der Waals surface area contributed by atoms with Gasteiger partial charge in [0.1, 0.15) is 11.5 Å². The van der Waals surface area contributed by atoms with Crippen LogP contribution in [0.5, 0.6) is 11.5 Å². The van der Waals surface area contributed by atoms with Crippen LogP contribution in [0.1, 0.15) is 6.42 Å². The van der Waals surface area contributed by atoms with Gasteiger partial charge < -0.3 is 25.0 Å². The first-order valence-electron chi connectivity index (χ1n) is 9.27. The number of amides is 3. The Morgan fingerprint density at radius 2 is 1.83 bits per heavy atom. The highest BCUT2D eigenvalue weighted by Crippen LogP contribution is 2.35. The molecule has 2 aromatic rings. The smallest absolute Gasteiger partial charge is 0.243 e. The number of rotatable bonds is 7. The van der Waals surface area contributed by atoms with Crippen LogP contribution in [0, 0.1) is 5.92 Å². The molecule has 1 aliphatic rings. The van der Waals surface area contributed by atoms with Gasteiger partial charge in [0.25, 0.3) is 0 Å². The lowest BCUT2D eigenvalue weighted by molar-refractivity contribution is -0.127. The first kappa shape index (κ1) is 21.4. The van der Waals surface area contributed by atoms with Crippen LogP contribution in [0.4, 0.5) is 11.4 Å². The van der Waals surface area contributed by atoms with Crippen molar-refractivity contribution in [3.8, 4) is 11.5 Å². The molecular weight excluding hydrogens is 410 g/mol. The van der Waals surface area contributed by atoms with Gasteiger partial charge in [-0.15, -0.1) is 0 Å². The minimum Gasteiger partial charge on any atom is -0.495 e. The van der Waals surface area contributed by atoms with Crippen LogP contribution >= 0.6 is 11.6 Å². The molecule has 0 radical (unpaired) electrons. The Kier molecular flexibility index (Phi) is 6.79. The Labute approximate surface area is 179 Å². The molecule has 8 nitrogen and oxygen atoms in total. The number of methoxy groups -OCH3 is 2. The molecule has 1 fully saturated rings. The summed E-state index contributed by atoms with van der Waals surface area (Å²) in [6, 6.07) is 12.2. The summed E-state index contributed by atoms with van der Waals surface area (Å²) in [4.78, 5) is 38.6. The number of hydrogen-bond acceptors (Lipinski definition) is 5. The van der Waals surface area contributed by atoms with Crippen LogP contribution in [0.25, 0.3) is 0 Å². The standard InChI is InChI=1S/C21H22ClN3O5/c1-29-17-10-18(30-2)16(9-15(17)22)24-19(26)11-23-21(28)13-8-20(27)25(12-13)14-6-4-3-5-7-14/h3-7,9-10,13H,8,11-12H2,1-2H3,(H,23,28)(H,24,26)/t13-/m0/s1. The Morgan fingerprint density at radius 3 is 2.50 bits per heavy atom. The van der Waals surface area contributed by atoms with E-state index in [1.54, 1.807) is 11.0 Å². The maximum Gasteiger partial charge on any atom is 0.243 e. The molecule has 3 rings (SSSR count). The molecule has 9 heteroatoms. The average Bonchev–Trinajstić information content (AvgIpc) is 3.14. The fourth-order valence-corrected chi connectivity index (χ4v) is 3.45. The monoisotopic (exact) mass is 431 g/mol. The summed E-state index contributed by atoms with van der Waals surface area (Å²) in [6.45, 7) is 0.0277. The van der Waals surface area contributed by atoms with E-state index in [0.717, 1.165) is 5.69 Å². The van der Waals surface area contributed by atoms with E-state index in [1.165, 1.54) is 20.3 Å². The van der Waals surface area contributed by atoms with E-state index in [9.17, 15) is 14.4 Å². The number of hydrogen-bond donors (Lipinski definition) is 2. The zero-order valence-corrected chi connectivity index (χ0v) is 17.4. The summed E-state index contributed by atoms with van der Waals surface area (Å²) >= 11 is 6.10. The largest absolute Gasteiger partial charge is 0.495 e. The van der Waals surface area contributed by atoms with Gasteiger partial charge in [-0.3, -0.25) is 14.4 Å². The molecule has 0 aliphatic carbocycles. The van der Waals surface area contributed by atoms with Gasteiger partial charge in [-0.2, -0.15) is 0 Å². The first-order chi connectivity index (χ1) is 14.4. The van der Waals surface area contributed by atoms with Gasteiger partial charge in [-0.05, 0) is 18.2 Å². The van der Waals surface area contributed by atoms with Crippen molar-refractivity contribution in [2.45, 2.75) is 6.42 Å². The Morgan fingerprint density at radius 1 is 1.13 bits per heavy atom. The Hall–Kier alpha value is -3.26. The molecule has 0 saturated carbocycles. The van der Waals surface area contributed by atoms with Crippen LogP contribution in [0.3, 0.4) is 0 Å². The van der Waals surface area contributed by atoms with Gasteiger partial charge in [-0.25, -0.2) is 0 Å². The highest BCUT2D eigenvalue weighted by molar-refractivity contribution is 6.32. The second-order valence-electron chi connectivity index (χ2n) is 6.69. The number of benzene rings is 2. The van der Waals surface area contributed by atoms with Crippen LogP contribution in [0.15, 0.2) is 42.5 Å². The lowest BCUT2D eigenvalue weighted by Crippen LogP contribution is -2.38.